The molecule has 0 bridgehead atoms. The van der Waals surface area contributed by atoms with Crippen molar-refractivity contribution in [2.45, 2.75) is 58.4 Å². The van der Waals surface area contributed by atoms with E-state index in [0.717, 1.165) is 17.8 Å². The first-order valence-corrected chi connectivity index (χ1v) is 14.8. The first-order chi connectivity index (χ1) is 21.7. The third kappa shape index (κ3) is 5.06. The average Bonchev–Trinajstić information content (AvgIpc) is 3.25. The van der Waals surface area contributed by atoms with E-state index in [1.54, 1.807) is 39.9 Å². The summed E-state index contributed by atoms with van der Waals surface area (Å²) in [5, 5.41) is 7.24. The number of fused-ring (bicyclic) bond motifs is 3. The van der Waals surface area contributed by atoms with E-state index in [2.05, 4.69) is 25.4 Å². The maximum absolute atomic E-state index is 13.9. The third-order valence-electron chi connectivity index (χ3n) is 8.79. The molecule has 0 aromatic carbocycles. The first-order valence-electron chi connectivity index (χ1n) is 14.4. The van der Waals surface area contributed by atoms with Gasteiger partial charge < -0.3 is 14.8 Å². The largest absolute Gasteiger partial charge is 0.433 e. The highest BCUT2D eigenvalue weighted by molar-refractivity contribution is 6.33. The van der Waals surface area contributed by atoms with Gasteiger partial charge in [0.25, 0.3) is 0 Å². The van der Waals surface area contributed by atoms with Crippen LogP contribution >= 0.6 is 11.6 Å². The molecule has 2 amide bonds. The highest BCUT2D eigenvalue weighted by Crippen LogP contribution is 2.59. The maximum atomic E-state index is 13.9. The molecule has 0 spiro atoms. The highest BCUT2D eigenvalue weighted by Gasteiger charge is 2.64. The number of aryl methyl sites for hydroxylation is 1. The van der Waals surface area contributed by atoms with Gasteiger partial charge in [-0.3, -0.25) is 19.4 Å². The number of aromatic nitrogens is 6. The summed E-state index contributed by atoms with van der Waals surface area (Å²) >= 11 is 6.06. The van der Waals surface area contributed by atoms with Crippen LogP contribution in [0.25, 0.3) is 27.8 Å². The summed E-state index contributed by atoms with van der Waals surface area (Å²) in [4.78, 5) is 53.9. The molecule has 3 atom stereocenters. The van der Waals surface area contributed by atoms with Crippen LogP contribution in [-0.2, 0) is 22.3 Å². The molecule has 2 aliphatic rings. The molecule has 5 aromatic rings. The van der Waals surface area contributed by atoms with E-state index in [0.29, 0.717) is 46.2 Å². The van der Waals surface area contributed by atoms with Crippen molar-refractivity contribution in [1.29, 1.82) is 0 Å². The lowest BCUT2D eigenvalue weighted by molar-refractivity contribution is -0.141. The Hall–Kier alpha value is -4.85. The lowest BCUT2D eigenvalue weighted by Crippen LogP contribution is -2.46. The van der Waals surface area contributed by atoms with Crippen molar-refractivity contribution >= 4 is 51.6 Å². The minimum Gasteiger partial charge on any atom is -0.336 e. The smallest absolute Gasteiger partial charge is 0.336 e. The number of anilines is 1. The normalized spacial score (nSPS) is 20.7. The van der Waals surface area contributed by atoms with Crippen molar-refractivity contribution in [3.05, 3.63) is 71.0 Å². The van der Waals surface area contributed by atoms with Gasteiger partial charge in [-0.1, -0.05) is 18.5 Å². The Kier molecular flexibility index (Phi) is 6.71. The van der Waals surface area contributed by atoms with Crippen molar-refractivity contribution in [3.63, 3.8) is 0 Å². The van der Waals surface area contributed by atoms with E-state index in [-0.39, 0.29) is 34.7 Å². The number of pyridine rings is 2. The summed E-state index contributed by atoms with van der Waals surface area (Å²) in [6.07, 6.45) is 2.94. The Labute approximate surface area is 264 Å². The summed E-state index contributed by atoms with van der Waals surface area (Å²) in [7, 11) is 0. The lowest BCUT2D eigenvalue weighted by atomic mass is 10.0. The van der Waals surface area contributed by atoms with Gasteiger partial charge in [0, 0.05) is 47.2 Å². The van der Waals surface area contributed by atoms with E-state index in [1.165, 1.54) is 11.8 Å². The fourth-order valence-electron chi connectivity index (χ4n) is 6.36. The predicted molar refractivity (Wildman–Crippen MR) is 161 cm³/mol. The Morgan fingerprint density at radius 1 is 1.11 bits per heavy atom. The molecule has 5 aromatic heterocycles. The molecular formula is C31H26ClF3N8O3. The Morgan fingerprint density at radius 2 is 1.89 bits per heavy atom. The molecule has 46 heavy (non-hydrogen) atoms. The second-order valence-corrected chi connectivity index (χ2v) is 12.6. The molecule has 1 saturated carbocycles. The van der Waals surface area contributed by atoms with Crippen molar-refractivity contribution in [3.8, 4) is 11.3 Å². The molecular weight excluding hydrogens is 625 g/mol. The number of nitrogens with one attached hydrogen (secondary N) is 1. The minimum atomic E-state index is -4.73. The number of alkyl halides is 3. The SMILES string of the molecule is CC(=O)c1cn(CC(=O)N2[C@H](C(=O)Nc3nc(C(F)(F)F)ccc3Cl)C[C@@]3(C)C[C@@H]23)c2cnc(-c3cnc4cc(C)nn4c3)cc12. The summed E-state index contributed by atoms with van der Waals surface area (Å²) < 4.78 is 43.0. The van der Waals surface area contributed by atoms with E-state index >= 15 is 0 Å². The van der Waals surface area contributed by atoms with Crippen LogP contribution in [0.3, 0.4) is 0 Å². The molecule has 6 heterocycles. The molecule has 2 fully saturated rings. The fourth-order valence-corrected chi connectivity index (χ4v) is 6.51. The van der Waals surface area contributed by atoms with Crippen molar-refractivity contribution in [2.24, 2.45) is 5.41 Å². The minimum absolute atomic E-state index is 0.161. The standard InChI is InChI=1S/C31H26ClF3N8O3/c1-15-6-26-37-10-17(12-42(26)40-15)21-7-18-19(16(2)44)13-41(23(18)11-36-21)14-27(45)43-22(8-30(3)9-25(30)43)29(46)39-28-20(32)4-5-24(38-28)31(33,34)35/h4-7,10-13,22,25H,8-9,14H2,1-3H3,(H,38,39,46)/t22-,25+,30-/m0/s1. The van der Waals surface area contributed by atoms with Crippen LogP contribution < -0.4 is 5.32 Å². The average molecular weight is 651 g/mol. The van der Waals surface area contributed by atoms with Gasteiger partial charge in [-0.2, -0.15) is 18.3 Å². The molecule has 0 unspecified atom stereocenters. The zero-order valence-corrected chi connectivity index (χ0v) is 25.5. The number of halogens is 4. The number of likely N-dealkylation sites (tertiary alicyclic amines) is 1. The van der Waals surface area contributed by atoms with E-state index < -0.39 is 29.6 Å². The van der Waals surface area contributed by atoms with Crippen LogP contribution in [0, 0.1) is 12.3 Å². The number of hydrogen-bond acceptors (Lipinski definition) is 7. The second-order valence-electron chi connectivity index (χ2n) is 12.2. The van der Waals surface area contributed by atoms with Crippen molar-refractivity contribution in [2.75, 3.05) is 5.32 Å². The van der Waals surface area contributed by atoms with Crippen LogP contribution in [-0.4, -0.2) is 63.7 Å². The quantitative estimate of drug-likeness (QED) is 0.246. The van der Waals surface area contributed by atoms with E-state index in [9.17, 15) is 27.6 Å². The summed E-state index contributed by atoms with van der Waals surface area (Å²) in [6.45, 7) is 5.07. The summed E-state index contributed by atoms with van der Waals surface area (Å²) in [5.41, 5.74) is 2.19. The van der Waals surface area contributed by atoms with Gasteiger partial charge >= 0.3 is 6.18 Å². The van der Waals surface area contributed by atoms with Crippen molar-refractivity contribution in [1.82, 2.24) is 34.0 Å². The van der Waals surface area contributed by atoms with E-state index in [1.807, 2.05) is 19.9 Å². The first kappa shape index (κ1) is 29.8. The monoisotopic (exact) mass is 650 g/mol. The zero-order chi connectivity index (χ0) is 32.7. The Bertz CT molecular complexity index is 2110. The van der Waals surface area contributed by atoms with Gasteiger partial charge in [-0.05, 0) is 50.3 Å². The number of piperidine rings is 1. The Balaban J connectivity index is 1.17. The molecule has 15 heteroatoms. The van der Waals surface area contributed by atoms with Crippen LogP contribution in [0.4, 0.5) is 19.0 Å². The van der Waals surface area contributed by atoms with Crippen LogP contribution in [0.15, 0.2) is 49.1 Å². The molecule has 11 nitrogen and oxygen atoms in total. The fraction of sp³-hybridized carbons (Fsp3) is 0.323. The predicted octanol–water partition coefficient (Wildman–Crippen LogP) is 5.34. The van der Waals surface area contributed by atoms with Crippen LogP contribution in [0.2, 0.25) is 5.02 Å². The summed E-state index contributed by atoms with van der Waals surface area (Å²) in [6, 6.07) is 4.19. The topological polar surface area (TPSA) is 127 Å². The number of nitrogens with zero attached hydrogens (tertiary/aromatic N) is 7. The van der Waals surface area contributed by atoms with Gasteiger partial charge in [0.1, 0.15) is 18.3 Å². The second kappa shape index (κ2) is 10.3. The van der Waals surface area contributed by atoms with Gasteiger partial charge in [-0.15, -0.1) is 0 Å². The molecule has 7 rings (SSSR count). The van der Waals surface area contributed by atoms with Gasteiger partial charge in [-0.25, -0.2) is 14.5 Å². The molecule has 1 aliphatic heterocycles. The molecule has 236 valence electrons. The third-order valence-corrected chi connectivity index (χ3v) is 9.09. The van der Waals surface area contributed by atoms with Gasteiger partial charge in [0.05, 0.1) is 28.1 Å². The maximum Gasteiger partial charge on any atom is 0.433 e. The molecule has 1 N–H and O–H groups in total. The van der Waals surface area contributed by atoms with Crippen LogP contribution in [0.1, 0.15) is 48.4 Å². The van der Waals surface area contributed by atoms with Gasteiger partial charge in [0.15, 0.2) is 17.2 Å². The zero-order valence-electron chi connectivity index (χ0n) is 24.8. The number of carbonyl (C=O) groups is 3. The highest BCUT2D eigenvalue weighted by atomic mass is 35.5. The number of hydrogen-bond donors (Lipinski definition) is 1. The molecule has 1 saturated heterocycles. The molecule has 1 aliphatic carbocycles. The van der Waals surface area contributed by atoms with Crippen molar-refractivity contribution < 1.29 is 27.6 Å². The lowest BCUT2D eigenvalue weighted by Gasteiger charge is -2.27. The van der Waals surface area contributed by atoms with E-state index in [4.69, 9.17) is 11.6 Å². The number of ketones is 1. The Morgan fingerprint density at radius 3 is 2.63 bits per heavy atom. The van der Waals surface area contributed by atoms with Crippen LogP contribution in [0.5, 0.6) is 0 Å². The summed E-state index contributed by atoms with van der Waals surface area (Å²) in [5.74, 6) is -1.69. The number of carbonyl (C=O) groups excluding carboxylic acids is 3. The number of Topliss-reactive ketones (excluding diaryl/α,β-unsaturated/α-hetero) is 1. The molecule has 0 radical (unpaired) electrons. The number of rotatable bonds is 6. The number of amides is 2. The van der Waals surface area contributed by atoms with Gasteiger partial charge in [0.2, 0.25) is 11.8 Å².